The van der Waals surface area contributed by atoms with Gasteiger partial charge in [-0.25, -0.2) is 5.43 Å². The third-order valence-electron chi connectivity index (χ3n) is 3.53. The van der Waals surface area contributed by atoms with Crippen molar-refractivity contribution in [3.8, 4) is 17.2 Å². The number of nitrogens with zero attached hydrogens (tertiary/aromatic N) is 1. The molecule has 0 bridgehead atoms. The van der Waals surface area contributed by atoms with Gasteiger partial charge in [0.1, 0.15) is 11.8 Å². The van der Waals surface area contributed by atoms with Crippen LogP contribution in [0, 0.1) is 0 Å². The van der Waals surface area contributed by atoms with Crippen molar-refractivity contribution < 1.29 is 19.4 Å². The number of methoxy groups -OCH3 is 1. The molecule has 0 saturated carbocycles. The fourth-order valence-corrected chi connectivity index (χ4v) is 2.17. The SMILES string of the molecule is CCOc1ccc(N[C@@H](C)C(=O)NN=Cc2ccc(O)c(OC)c2)cc1. The van der Waals surface area contributed by atoms with E-state index in [4.69, 9.17) is 9.47 Å². The van der Waals surface area contributed by atoms with E-state index in [1.54, 1.807) is 19.1 Å². The smallest absolute Gasteiger partial charge is 0.262 e. The first kappa shape index (κ1) is 19.1. The van der Waals surface area contributed by atoms with Crippen LogP contribution in [0.5, 0.6) is 17.2 Å². The van der Waals surface area contributed by atoms with Gasteiger partial charge < -0.3 is 19.9 Å². The number of phenolic OH excluding ortho intramolecular Hbond substituents is 1. The second-order valence-corrected chi connectivity index (χ2v) is 5.49. The fraction of sp³-hybridized carbons (Fsp3) is 0.263. The number of aromatic hydroxyl groups is 1. The highest BCUT2D eigenvalue weighted by atomic mass is 16.5. The van der Waals surface area contributed by atoms with E-state index in [0.29, 0.717) is 17.9 Å². The van der Waals surface area contributed by atoms with Crippen LogP contribution in [-0.4, -0.2) is 37.0 Å². The number of anilines is 1. The summed E-state index contributed by atoms with van der Waals surface area (Å²) in [5.74, 6) is 0.887. The number of hydrogen-bond donors (Lipinski definition) is 3. The molecule has 7 heteroatoms. The van der Waals surface area contributed by atoms with Crippen LogP contribution < -0.4 is 20.2 Å². The first-order chi connectivity index (χ1) is 12.5. The first-order valence-corrected chi connectivity index (χ1v) is 8.22. The molecule has 1 amide bonds. The Bertz CT molecular complexity index is 760. The van der Waals surface area contributed by atoms with Crippen LogP contribution in [0.2, 0.25) is 0 Å². The van der Waals surface area contributed by atoms with Gasteiger partial charge in [-0.15, -0.1) is 0 Å². The van der Waals surface area contributed by atoms with Crippen LogP contribution in [0.3, 0.4) is 0 Å². The summed E-state index contributed by atoms with van der Waals surface area (Å²) in [4.78, 5) is 12.1. The highest BCUT2D eigenvalue weighted by Gasteiger charge is 2.11. The van der Waals surface area contributed by atoms with Gasteiger partial charge in [-0.1, -0.05) is 0 Å². The Balaban J connectivity index is 1.88. The number of phenols is 1. The zero-order chi connectivity index (χ0) is 18.9. The van der Waals surface area contributed by atoms with Gasteiger partial charge in [0.2, 0.25) is 0 Å². The highest BCUT2D eigenvalue weighted by Crippen LogP contribution is 2.25. The Hall–Kier alpha value is -3.22. The van der Waals surface area contributed by atoms with Gasteiger partial charge in [0, 0.05) is 5.69 Å². The van der Waals surface area contributed by atoms with E-state index in [-0.39, 0.29) is 11.7 Å². The summed E-state index contributed by atoms with van der Waals surface area (Å²) < 4.78 is 10.4. The van der Waals surface area contributed by atoms with Crippen LogP contribution in [0.25, 0.3) is 0 Å². The number of rotatable bonds is 8. The molecule has 0 fully saturated rings. The predicted octanol–water partition coefficient (Wildman–Crippen LogP) is 2.75. The van der Waals surface area contributed by atoms with Gasteiger partial charge in [0.25, 0.3) is 5.91 Å². The molecule has 0 aliphatic heterocycles. The largest absolute Gasteiger partial charge is 0.504 e. The number of carbonyl (C=O) groups is 1. The zero-order valence-electron chi connectivity index (χ0n) is 15.0. The van der Waals surface area contributed by atoms with Gasteiger partial charge in [0.15, 0.2) is 11.5 Å². The molecule has 0 unspecified atom stereocenters. The third-order valence-corrected chi connectivity index (χ3v) is 3.53. The lowest BCUT2D eigenvalue weighted by Crippen LogP contribution is -2.34. The summed E-state index contributed by atoms with van der Waals surface area (Å²) >= 11 is 0. The Kier molecular flexibility index (Phi) is 6.84. The first-order valence-electron chi connectivity index (χ1n) is 8.22. The molecule has 26 heavy (non-hydrogen) atoms. The van der Waals surface area contributed by atoms with Crippen LogP contribution in [0.15, 0.2) is 47.6 Å². The molecule has 2 aromatic rings. The molecule has 0 radical (unpaired) electrons. The molecule has 3 N–H and O–H groups in total. The van der Waals surface area contributed by atoms with Gasteiger partial charge >= 0.3 is 0 Å². The summed E-state index contributed by atoms with van der Waals surface area (Å²) in [6, 6.07) is 11.7. The minimum atomic E-state index is -0.473. The summed E-state index contributed by atoms with van der Waals surface area (Å²) in [6.45, 7) is 4.27. The summed E-state index contributed by atoms with van der Waals surface area (Å²) in [5.41, 5.74) is 3.97. The molecule has 0 spiro atoms. The Labute approximate surface area is 152 Å². The lowest BCUT2D eigenvalue weighted by atomic mass is 10.2. The van der Waals surface area contributed by atoms with E-state index in [1.165, 1.54) is 19.4 Å². The second-order valence-electron chi connectivity index (χ2n) is 5.49. The lowest BCUT2D eigenvalue weighted by Gasteiger charge is -2.14. The van der Waals surface area contributed by atoms with Crippen molar-refractivity contribution in [2.45, 2.75) is 19.9 Å². The third kappa shape index (κ3) is 5.41. The van der Waals surface area contributed by atoms with Crippen molar-refractivity contribution in [3.05, 3.63) is 48.0 Å². The van der Waals surface area contributed by atoms with Crippen LogP contribution in [0.1, 0.15) is 19.4 Å². The molecule has 1 atom stereocenters. The molecule has 2 aromatic carbocycles. The maximum atomic E-state index is 12.1. The summed E-state index contributed by atoms with van der Waals surface area (Å²) in [5, 5.41) is 16.6. The van der Waals surface area contributed by atoms with Gasteiger partial charge in [0.05, 0.1) is 19.9 Å². The predicted molar refractivity (Wildman–Crippen MR) is 101 cm³/mol. The normalized spacial score (nSPS) is 11.8. The molecule has 0 heterocycles. The molecule has 0 aromatic heterocycles. The maximum Gasteiger partial charge on any atom is 0.262 e. The zero-order valence-corrected chi connectivity index (χ0v) is 15.0. The Morgan fingerprint density at radius 1 is 1.27 bits per heavy atom. The van der Waals surface area contributed by atoms with E-state index in [1.807, 2.05) is 31.2 Å². The maximum absolute atomic E-state index is 12.1. The molecule has 0 saturated heterocycles. The molecular weight excluding hydrogens is 334 g/mol. The Morgan fingerprint density at radius 2 is 2.00 bits per heavy atom. The second kappa shape index (κ2) is 9.31. The van der Waals surface area contributed by atoms with E-state index >= 15 is 0 Å². The summed E-state index contributed by atoms with van der Waals surface area (Å²) in [6.07, 6.45) is 1.48. The average Bonchev–Trinajstić information content (AvgIpc) is 2.64. The van der Waals surface area contributed by atoms with Crippen LogP contribution in [0.4, 0.5) is 5.69 Å². The number of hydrogen-bond acceptors (Lipinski definition) is 6. The van der Waals surface area contributed by atoms with Crippen LogP contribution in [-0.2, 0) is 4.79 Å². The quantitative estimate of drug-likeness (QED) is 0.499. The number of ether oxygens (including phenoxy) is 2. The monoisotopic (exact) mass is 357 g/mol. The highest BCUT2D eigenvalue weighted by molar-refractivity contribution is 5.86. The van der Waals surface area contributed by atoms with Crippen molar-refractivity contribution in [2.24, 2.45) is 5.10 Å². The number of benzene rings is 2. The fourth-order valence-electron chi connectivity index (χ4n) is 2.17. The van der Waals surface area contributed by atoms with E-state index in [9.17, 15) is 9.90 Å². The number of amides is 1. The van der Waals surface area contributed by atoms with Crippen LogP contribution >= 0.6 is 0 Å². The van der Waals surface area contributed by atoms with E-state index in [0.717, 1.165) is 11.4 Å². The van der Waals surface area contributed by atoms with E-state index in [2.05, 4.69) is 15.8 Å². The van der Waals surface area contributed by atoms with Gasteiger partial charge in [-0.3, -0.25) is 4.79 Å². The topological polar surface area (TPSA) is 92.2 Å². The minimum absolute atomic E-state index is 0.0434. The Morgan fingerprint density at radius 3 is 2.65 bits per heavy atom. The van der Waals surface area contributed by atoms with Gasteiger partial charge in [-0.2, -0.15) is 5.10 Å². The molecular formula is C19H23N3O4. The van der Waals surface area contributed by atoms with Gasteiger partial charge in [-0.05, 0) is 61.9 Å². The molecule has 0 aliphatic rings. The number of hydrazone groups is 1. The van der Waals surface area contributed by atoms with Crippen molar-refractivity contribution >= 4 is 17.8 Å². The lowest BCUT2D eigenvalue weighted by molar-refractivity contribution is -0.121. The average molecular weight is 357 g/mol. The summed E-state index contributed by atoms with van der Waals surface area (Å²) in [7, 11) is 1.46. The molecule has 7 nitrogen and oxygen atoms in total. The van der Waals surface area contributed by atoms with Crippen molar-refractivity contribution in [2.75, 3.05) is 19.0 Å². The molecule has 2 rings (SSSR count). The van der Waals surface area contributed by atoms with Crippen molar-refractivity contribution in [1.29, 1.82) is 0 Å². The number of carbonyl (C=O) groups excluding carboxylic acids is 1. The molecule has 0 aliphatic carbocycles. The minimum Gasteiger partial charge on any atom is -0.504 e. The molecule has 138 valence electrons. The number of nitrogens with one attached hydrogen (secondary N) is 2. The van der Waals surface area contributed by atoms with Crippen molar-refractivity contribution in [3.63, 3.8) is 0 Å². The van der Waals surface area contributed by atoms with Crippen molar-refractivity contribution in [1.82, 2.24) is 5.43 Å². The van der Waals surface area contributed by atoms with E-state index < -0.39 is 6.04 Å². The standard InChI is InChI=1S/C19H23N3O4/c1-4-26-16-8-6-15(7-9-16)21-13(2)19(24)22-20-12-14-5-10-17(23)18(11-14)25-3/h5-13,21,23H,4H2,1-3H3,(H,22,24)/t13-/m0/s1.